The van der Waals surface area contributed by atoms with E-state index in [1.54, 1.807) is 0 Å². The van der Waals surface area contributed by atoms with Crippen LogP contribution in [0, 0.1) is 0 Å². The maximum Gasteiger partial charge on any atom is 0.270 e. The summed E-state index contributed by atoms with van der Waals surface area (Å²) in [5, 5.41) is 13.7. The highest BCUT2D eigenvalue weighted by molar-refractivity contribution is 5.92. The molecule has 1 heterocycles. The Morgan fingerprint density at radius 2 is 2.36 bits per heavy atom. The van der Waals surface area contributed by atoms with Crippen LogP contribution in [0.3, 0.4) is 0 Å². The van der Waals surface area contributed by atoms with Crippen molar-refractivity contribution in [2.45, 2.75) is 26.3 Å². The van der Waals surface area contributed by atoms with Crippen molar-refractivity contribution in [3.8, 4) is 5.75 Å². The minimum Gasteiger partial charge on any atom is -0.348 e. The third kappa shape index (κ3) is 2.73. The lowest BCUT2D eigenvalue weighted by atomic mass is 10.2. The SMILES string of the molecule is CCC(C)NC(=O)c1cc([O])ccn1. The second-order valence-electron chi connectivity index (χ2n) is 3.16. The molecule has 0 aromatic carbocycles. The van der Waals surface area contributed by atoms with Crippen molar-refractivity contribution < 1.29 is 9.90 Å². The van der Waals surface area contributed by atoms with Crippen LogP contribution in [0.25, 0.3) is 0 Å². The molecule has 0 saturated heterocycles. The first-order chi connectivity index (χ1) is 6.63. The molecule has 0 bridgehead atoms. The van der Waals surface area contributed by atoms with Crippen LogP contribution >= 0.6 is 0 Å². The molecule has 1 atom stereocenters. The predicted octanol–water partition coefficient (Wildman–Crippen LogP) is 1.75. The van der Waals surface area contributed by atoms with E-state index < -0.39 is 0 Å². The molecule has 0 aliphatic heterocycles. The van der Waals surface area contributed by atoms with Gasteiger partial charge in [0.15, 0.2) is 5.75 Å². The van der Waals surface area contributed by atoms with E-state index in [1.165, 1.54) is 18.3 Å². The van der Waals surface area contributed by atoms with Gasteiger partial charge >= 0.3 is 0 Å². The van der Waals surface area contributed by atoms with Crippen LogP contribution < -0.4 is 5.32 Å². The van der Waals surface area contributed by atoms with Crippen molar-refractivity contribution in [3.63, 3.8) is 0 Å². The lowest BCUT2D eigenvalue weighted by molar-refractivity contribution is 0.0933. The molecule has 1 radical (unpaired) electrons. The molecule has 1 amide bonds. The van der Waals surface area contributed by atoms with Crippen LogP contribution in [0.1, 0.15) is 30.8 Å². The van der Waals surface area contributed by atoms with Crippen molar-refractivity contribution in [2.24, 2.45) is 0 Å². The smallest absolute Gasteiger partial charge is 0.270 e. The van der Waals surface area contributed by atoms with E-state index in [-0.39, 0.29) is 23.4 Å². The lowest BCUT2D eigenvalue weighted by Crippen LogP contribution is -2.32. The van der Waals surface area contributed by atoms with Crippen molar-refractivity contribution in [3.05, 3.63) is 24.0 Å². The second kappa shape index (κ2) is 4.60. The molecule has 1 aromatic heterocycles. The Kier molecular flexibility index (Phi) is 3.45. The van der Waals surface area contributed by atoms with Gasteiger partial charge in [-0.1, -0.05) is 6.92 Å². The Bertz CT molecular complexity index is 326. The van der Waals surface area contributed by atoms with Crippen LogP contribution in [0.2, 0.25) is 0 Å². The van der Waals surface area contributed by atoms with Crippen molar-refractivity contribution >= 4 is 5.91 Å². The van der Waals surface area contributed by atoms with Gasteiger partial charge in [-0.25, -0.2) is 0 Å². The monoisotopic (exact) mass is 193 g/mol. The van der Waals surface area contributed by atoms with Gasteiger partial charge in [0.1, 0.15) is 5.69 Å². The van der Waals surface area contributed by atoms with E-state index in [0.29, 0.717) is 0 Å². The molecule has 1 N–H and O–H groups in total. The number of pyridine rings is 1. The molecular formula is C10H13N2O2. The molecule has 1 aromatic rings. The largest absolute Gasteiger partial charge is 0.348 e. The minimum absolute atomic E-state index is 0.0969. The van der Waals surface area contributed by atoms with Crippen molar-refractivity contribution in [2.75, 3.05) is 0 Å². The average Bonchev–Trinajstić information content (AvgIpc) is 2.17. The Morgan fingerprint density at radius 1 is 1.64 bits per heavy atom. The number of carbonyl (C=O) groups is 1. The average molecular weight is 193 g/mol. The number of carbonyl (C=O) groups excluding carboxylic acids is 1. The van der Waals surface area contributed by atoms with Crippen LogP contribution in [0.5, 0.6) is 5.75 Å². The fourth-order valence-electron chi connectivity index (χ4n) is 0.935. The Morgan fingerprint density at radius 3 is 2.93 bits per heavy atom. The third-order valence-electron chi connectivity index (χ3n) is 1.95. The molecule has 0 saturated carbocycles. The number of rotatable bonds is 3. The van der Waals surface area contributed by atoms with E-state index in [0.717, 1.165) is 6.42 Å². The van der Waals surface area contributed by atoms with Gasteiger partial charge in [0.2, 0.25) is 0 Å². The standard InChI is InChI=1S/C10H13N2O2/c1-3-7(2)12-10(14)9-6-8(13)4-5-11-9/h4-7H,3H2,1-2H3,(H,12,14). The number of hydrogen-bond donors (Lipinski definition) is 1. The molecule has 0 aliphatic rings. The Labute approximate surface area is 83.0 Å². The highest BCUT2D eigenvalue weighted by Gasteiger charge is 2.10. The van der Waals surface area contributed by atoms with E-state index in [2.05, 4.69) is 10.3 Å². The summed E-state index contributed by atoms with van der Waals surface area (Å²) < 4.78 is 0. The molecular weight excluding hydrogens is 180 g/mol. The zero-order valence-electron chi connectivity index (χ0n) is 8.28. The van der Waals surface area contributed by atoms with Gasteiger partial charge in [-0.3, -0.25) is 14.9 Å². The Hall–Kier alpha value is -1.58. The van der Waals surface area contributed by atoms with Crippen molar-refractivity contribution in [1.82, 2.24) is 10.3 Å². The zero-order chi connectivity index (χ0) is 10.6. The molecule has 1 rings (SSSR count). The van der Waals surface area contributed by atoms with Crippen molar-refractivity contribution in [1.29, 1.82) is 0 Å². The Balaban J connectivity index is 2.70. The normalized spacial score (nSPS) is 12.1. The van der Waals surface area contributed by atoms with Crippen LogP contribution in [-0.4, -0.2) is 16.9 Å². The molecule has 4 nitrogen and oxygen atoms in total. The van der Waals surface area contributed by atoms with E-state index in [4.69, 9.17) is 0 Å². The third-order valence-corrected chi connectivity index (χ3v) is 1.95. The molecule has 0 spiro atoms. The molecule has 0 fully saturated rings. The zero-order valence-corrected chi connectivity index (χ0v) is 8.28. The summed E-state index contributed by atoms with van der Waals surface area (Å²) in [5.74, 6) is -0.494. The van der Waals surface area contributed by atoms with Gasteiger partial charge in [0, 0.05) is 24.4 Å². The van der Waals surface area contributed by atoms with Gasteiger partial charge in [0.05, 0.1) is 0 Å². The van der Waals surface area contributed by atoms with Crippen LogP contribution in [-0.2, 0) is 5.11 Å². The minimum atomic E-state index is -0.294. The fraction of sp³-hybridized carbons (Fsp3) is 0.400. The van der Waals surface area contributed by atoms with Gasteiger partial charge in [-0.05, 0) is 13.3 Å². The fourth-order valence-corrected chi connectivity index (χ4v) is 0.935. The quantitative estimate of drug-likeness (QED) is 0.794. The van der Waals surface area contributed by atoms with E-state index >= 15 is 0 Å². The van der Waals surface area contributed by atoms with Gasteiger partial charge < -0.3 is 5.32 Å². The summed E-state index contributed by atoms with van der Waals surface area (Å²) in [7, 11) is 0. The topological polar surface area (TPSA) is 61.9 Å². The first-order valence-corrected chi connectivity index (χ1v) is 4.57. The van der Waals surface area contributed by atoms with E-state index in [9.17, 15) is 9.90 Å². The highest BCUT2D eigenvalue weighted by atomic mass is 16.3. The van der Waals surface area contributed by atoms with Crippen LogP contribution in [0.15, 0.2) is 18.3 Å². The summed E-state index contributed by atoms with van der Waals surface area (Å²) in [5.41, 5.74) is 0.179. The van der Waals surface area contributed by atoms with Gasteiger partial charge in [-0.2, -0.15) is 0 Å². The summed E-state index contributed by atoms with van der Waals surface area (Å²) in [6.45, 7) is 3.88. The summed E-state index contributed by atoms with van der Waals surface area (Å²) >= 11 is 0. The molecule has 0 aliphatic carbocycles. The molecule has 1 unspecified atom stereocenters. The number of nitrogens with one attached hydrogen (secondary N) is 1. The number of aromatic nitrogens is 1. The first kappa shape index (κ1) is 10.5. The van der Waals surface area contributed by atoms with E-state index in [1.807, 2.05) is 13.8 Å². The number of amides is 1. The van der Waals surface area contributed by atoms with Gasteiger partial charge in [0.25, 0.3) is 5.91 Å². The molecule has 14 heavy (non-hydrogen) atoms. The lowest BCUT2D eigenvalue weighted by Gasteiger charge is -2.10. The maximum absolute atomic E-state index is 11.5. The summed E-state index contributed by atoms with van der Waals surface area (Å²) in [4.78, 5) is 15.3. The molecule has 75 valence electrons. The van der Waals surface area contributed by atoms with Gasteiger partial charge in [-0.15, -0.1) is 0 Å². The second-order valence-corrected chi connectivity index (χ2v) is 3.16. The molecule has 4 heteroatoms. The van der Waals surface area contributed by atoms with Crippen LogP contribution in [0.4, 0.5) is 0 Å². The number of nitrogens with zero attached hydrogens (tertiary/aromatic N) is 1. The highest BCUT2D eigenvalue weighted by Crippen LogP contribution is 2.08. The first-order valence-electron chi connectivity index (χ1n) is 4.57. The summed E-state index contributed by atoms with van der Waals surface area (Å²) in [6.07, 6.45) is 2.19. The number of hydrogen-bond acceptors (Lipinski definition) is 2. The maximum atomic E-state index is 11.5. The predicted molar refractivity (Wildman–Crippen MR) is 51.6 cm³/mol. The summed E-state index contributed by atoms with van der Waals surface area (Å²) in [6, 6.07) is 2.65.